The van der Waals surface area contributed by atoms with Crippen molar-refractivity contribution in [3.8, 4) is 5.75 Å². The fraction of sp³-hybridized carbons (Fsp3) is 0.682. The smallest absolute Gasteiger partial charge is 0.226 e. The molecule has 0 unspecified atom stereocenters. The van der Waals surface area contributed by atoms with Crippen LogP contribution in [0.25, 0.3) is 0 Å². The zero-order valence-corrected chi connectivity index (χ0v) is 16.0. The molecule has 0 spiro atoms. The summed E-state index contributed by atoms with van der Waals surface area (Å²) >= 11 is 0. The molecule has 0 aromatic heterocycles. The van der Waals surface area contributed by atoms with Crippen LogP contribution in [0.4, 0.5) is 0 Å². The highest BCUT2D eigenvalue weighted by Crippen LogP contribution is 2.60. The molecule has 4 bridgehead atoms. The molecular weight excluding hydrogens is 326 g/mol. The summed E-state index contributed by atoms with van der Waals surface area (Å²) in [5, 5.41) is 13.9. The molecule has 4 nitrogen and oxygen atoms in total. The van der Waals surface area contributed by atoms with Crippen LogP contribution in [0, 0.1) is 23.2 Å². The van der Waals surface area contributed by atoms with Crippen molar-refractivity contribution in [2.45, 2.75) is 57.5 Å². The number of methoxy groups -OCH3 is 1. The van der Waals surface area contributed by atoms with Gasteiger partial charge in [-0.15, -0.1) is 0 Å². The quantitative estimate of drug-likeness (QED) is 0.821. The van der Waals surface area contributed by atoms with Crippen LogP contribution in [0.15, 0.2) is 24.3 Å². The molecule has 1 aromatic carbocycles. The minimum atomic E-state index is -0.952. The molecule has 142 valence electrons. The van der Waals surface area contributed by atoms with Crippen molar-refractivity contribution >= 4 is 5.91 Å². The van der Waals surface area contributed by atoms with Gasteiger partial charge < -0.3 is 15.2 Å². The van der Waals surface area contributed by atoms with E-state index in [0.29, 0.717) is 13.0 Å². The number of nitrogens with one attached hydrogen (secondary N) is 1. The molecule has 5 rings (SSSR count). The molecule has 4 heteroatoms. The second-order valence-electron chi connectivity index (χ2n) is 9.40. The van der Waals surface area contributed by atoms with Gasteiger partial charge in [0.15, 0.2) is 0 Å². The molecule has 0 aliphatic heterocycles. The van der Waals surface area contributed by atoms with Crippen molar-refractivity contribution in [3.63, 3.8) is 0 Å². The first kappa shape index (κ1) is 17.8. The zero-order valence-electron chi connectivity index (χ0n) is 16.0. The number of carbonyl (C=O) groups is 1. The topological polar surface area (TPSA) is 58.6 Å². The van der Waals surface area contributed by atoms with Gasteiger partial charge in [-0.2, -0.15) is 0 Å². The fourth-order valence-corrected chi connectivity index (χ4v) is 6.09. The second kappa shape index (κ2) is 6.56. The van der Waals surface area contributed by atoms with E-state index in [1.807, 2.05) is 24.3 Å². The van der Waals surface area contributed by atoms with Crippen LogP contribution in [0.2, 0.25) is 0 Å². The lowest BCUT2D eigenvalue weighted by Gasteiger charge is -2.55. The van der Waals surface area contributed by atoms with E-state index in [0.717, 1.165) is 48.3 Å². The first-order chi connectivity index (χ1) is 12.4. The first-order valence-electron chi connectivity index (χ1n) is 10.0. The molecule has 0 radical (unpaired) electrons. The lowest BCUT2D eigenvalue weighted by atomic mass is 9.49. The number of hydrogen-bond acceptors (Lipinski definition) is 3. The predicted octanol–water partition coefficient (Wildman–Crippen LogP) is 3.32. The van der Waals surface area contributed by atoms with Crippen LogP contribution in [0.5, 0.6) is 5.75 Å². The first-order valence-corrected chi connectivity index (χ1v) is 10.0. The maximum absolute atomic E-state index is 13.0. The highest BCUT2D eigenvalue weighted by atomic mass is 16.5. The molecule has 26 heavy (non-hydrogen) atoms. The number of rotatable bonds is 6. The standard InChI is InChI=1S/C22H31NO3/c1-21(25,10-15-3-5-19(26-2)6-4-15)14-23-20(24)22-11-16-7-17(12-22)9-18(8-16)13-22/h3-6,16-18,25H,7-14H2,1-2H3,(H,23,24)/t16?,17?,18?,21-,22?/m1/s1. The van der Waals surface area contributed by atoms with Gasteiger partial charge in [0.1, 0.15) is 5.75 Å². The summed E-state index contributed by atoms with van der Waals surface area (Å²) in [4.78, 5) is 13.0. The van der Waals surface area contributed by atoms with Gasteiger partial charge in [0.25, 0.3) is 0 Å². The van der Waals surface area contributed by atoms with Crippen molar-refractivity contribution in [3.05, 3.63) is 29.8 Å². The highest BCUT2D eigenvalue weighted by Gasteiger charge is 2.54. The third kappa shape index (κ3) is 3.48. The number of aliphatic hydroxyl groups is 1. The minimum Gasteiger partial charge on any atom is -0.497 e. The number of hydrogen-bond donors (Lipinski definition) is 2. The SMILES string of the molecule is COc1ccc(C[C@@](C)(O)CNC(=O)C23CC4CC(CC(C4)C2)C3)cc1. The number of amides is 1. The molecular formula is C22H31NO3. The van der Waals surface area contributed by atoms with Gasteiger partial charge in [-0.05, 0) is 80.9 Å². The number of benzene rings is 1. The third-order valence-corrected chi connectivity index (χ3v) is 6.89. The normalized spacial score (nSPS) is 34.3. The number of ether oxygens (including phenoxy) is 1. The molecule has 1 aromatic rings. The van der Waals surface area contributed by atoms with Crippen molar-refractivity contribution in [2.75, 3.05) is 13.7 Å². The van der Waals surface area contributed by atoms with Gasteiger partial charge in [0, 0.05) is 18.4 Å². The summed E-state index contributed by atoms with van der Waals surface area (Å²) < 4.78 is 5.18. The maximum atomic E-state index is 13.0. The molecule has 4 saturated carbocycles. The highest BCUT2D eigenvalue weighted by molar-refractivity contribution is 5.83. The van der Waals surface area contributed by atoms with E-state index in [1.54, 1.807) is 14.0 Å². The molecule has 0 heterocycles. The Morgan fingerprint density at radius 3 is 2.19 bits per heavy atom. The van der Waals surface area contributed by atoms with Crippen LogP contribution >= 0.6 is 0 Å². The Hall–Kier alpha value is -1.55. The molecule has 1 amide bonds. The molecule has 4 aliphatic rings. The summed E-state index contributed by atoms with van der Waals surface area (Å²) in [7, 11) is 1.64. The van der Waals surface area contributed by atoms with Crippen molar-refractivity contribution in [1.29, 1.82) is 0 Å². The van der Waals surface area contributed by atoms with Crippen LogP contribution in [0.1, 0.15) is 51.0 Å². The Kier molecular flexibility index (Phi) is 4.50. The largest absolute Gasteiger partial charge is 0.497 e. The minimum absolute atomic E-state index is 0.148. The molecule has 2 N–H and O–H groups in total. The van der Waals surface area contributed by atoms with Gasteiger partial charge in [-0.25, -0.2) is 0 Å². The molecule has 4 fully saturated rings. The van der Waals surface area contributed by atoms with E-state index < -0.39 is 5.60 Å². The third-order valence-electron chi connectivity index (χ3n) is 6.89. The van der Waals surface area contributed by atoms with Gasteiger partial charge in [0.2, 0.25) is 5.91 Å². The van der Waals surface area contributed by atoms with E-state index in [-0.39, 0.29) is 11.3 Å². The average Bonchev–Trinajstić information content (AvgIpc) is 2.59. The Labute approximate surface area is 156 Å². The molecule has 0 saturated heterocycles. The Balaban J connectivity index is 1.36. The van der Waals surface area contributed by atoms with Crippen molar-refractivity contribution < 1.29 is 14.6 Å². The van der Waals surface area contributed by atoms with Crippen LogP contribution in [0.3, 0.4) is 0 Å². The monoisotopic (exact) mass is 357 g/mol. The van der Waals surface area contributed by atoms with E-state index >= 15 is 0 Å². The van der Waals surface area contributed by atoms with E-state index in [9.17, 15) is 9.90 Å². The van der Waals surface area contributed by atoms with Crippen LogP contribution < -0.4 is 10.1 Å². The second-order valence-corrected chi connectivity index (χ2v) is 9.40. The van der Waals surface area contributed by atoms with Gasteiger partial charge in [-0.1, -0.05) is 12.1 Å². The van der Waals surface area contributed by atoms with E-state index in [1.165, 1.54) is 19.3 Å². The van der Waals surface area contributed by atoms with Crippen molar-refractivity contribution in [1.82, 2.24) is 5.32 Å². The molecule has 4 aliphatic carbocycles. The fourth-order valence-electron chi connectivity index (χ4n) is 6.09. The Morgan fingerprint density at radius 2 is 1.69 bits per heavy atom. The number of carbonyl (C=O) groups excluding carboxylic acids is 1. The summed E-state index contributed by atoms with van der Waals surface area (Å²) in [5.74, 6) is 3.26. The molecule has 1 atom stereocenters. The lowest BCUT2D eigenvalue weighted by molar-refractivity contribution is -0.147. The summed E-state index contributed by atoms with van der Waals surface area (Å²) in [6.45, 7) is 2.11. The van der Waals surface area contributed by atoms with Gasteiger partial charge in [0.05, 0.1) is 12.7 Å². The van der Waals surface area contributed by atoms with Crippen molar-refractivity contribution in [2.24, 2.45) is 23.2 Å². The van der Waals surface area contributed by atoms with Crippen LogP contribution in [-0.4, -0.2) is 30.3 Å². The summed E-state index contributed by atoms with van der Waals surface area (Å²) in [6, 6.07) is 7.74. The Bertz CT molecular complexity index is 629. The average molecular weight is 357 g/mol. The predicted molar refractivity (Wildman–Crippen MR) is 101 cm³/mol. The van der Waals surface area contributed by atoms with Crippen LogP contribution in [-0.2, 0) is 11.2 Å². The van der Waals surface area contributed by atoms with E-state index in [4.69, 9.17) is 4.74 Å². The maximum Gasteiger partial charge on any atom is 0.226 e. The lowest BCUT2D eigenvalue weighted by Crippen LogP contribution is -2.55. The van der Waals surface area contributed by atoms with Gasteiger partial charge >= 0.3 is 0 Å². The summed E-state index contributed by atoms with van der Waals surface area (Å²) in [5.41, 5.74) is -0.0582. The Morgan fingerprint density at radius 1 is 1.15 bits per heavy atom. The van der Waals surface area contributed by atoms with E-state index in [2.05, 4.69) is 5.32 Å². The zero-order chi connectivity index (χ0) is 18.4. The summed E-state index contributed by atoms with van der Waals surface area (Å²) in [6.07, 6.45) is 7.70. The van der Waals surface area contributed by atoms with Gasteiger partial charge in [-0.3, -0.25) is 4.79 Å².